The molecule has 0 fully saturated rings. The van der Waals surface area contributed by atoms with Gasteiger partial charge in [0.05, 0.1) is 5.75 Å². The highest BCUT2D eigenvalue weighted by Crippen LogP contribution is 2.25. The van der Waals surface area contributed by atoms with E-state index >= 15 is 0 Å². The van der Waals surface area contributed by atoms with E-state index in [1.165, 1.54) is 0 Å². The zero-order valence-corrected chi connectivity index (χ0v) is 11.0. The van der Waals surface area contributed by atoms with Gasteiger partial charge in [-0.2, -0.15) is 8.42 Å². The maximum absolute atomic E-state index is 9.71. The Morgan fingerprint density at radius 3 is 2.37 bits per heavy atom. The van der Waals surface area contributed by atoms with E-state index in [4.69, 9.17) is 16.0 Å². The summed E-state index contributed by atoms with van der Waals surface area (Å²) in [6.07, 6.45) is 0. The number of aromatic hydroxyl groups is 1. The van der Waals surface area contributed by atoms with E-state index in [-0.39, 0.29) is 18.0 Å². The number of rotatable bonds is 2. The molecular formula is C12H16N2O4S. The van der Waals surface area contributed by atoms with Crippen LogP contribution < -0.4 is 11.5 Å². The van der Waals surface area contributed by atoms with Crippen LogP contribution in [0.4, 0.5) is 5.69 Å². The number of nitrogens with two attached hydrogens (primary N) is 2. The van der Waals surface area contributed by atoms with Gasteiger partial charge in [-0.3, -0.25) is 4.55 Å². The van der Waals surface area contributed by atoms with Gasteiger partial charge in [0.25, 0.3) is 10.1 Å². The van der Waals surface area contributed by atoms with Crippen molar-refractivity contribution in [2.45, 2.75) is 0 Å². The Balaban J connectivity index is 0.000000224. The molecule has 0 aliphatic heterocycles. The normalized spacial score (nSPS) is 10.8. The molecular weight excluding hydrogens is 268 g/mol. The number of nitrogen functional groups attached to an aromatic ring is 1. The number of fused-ring (bicyclic) bond motifs is 1. The second kappa shape index (κ2) is 6.37. The zero-order chi connectivity index (χ0) is 14.5. The molecule has 0 aromatic heterocycles. The molecule has 0 heterocycles. The van der Waals surface area contributed by atoms with Crippen LogP contribution in [0.2, 0.25) is 0 Å². The van der Waals surface area contributed by atoms with E-state index in [0.29, 0.717) is 5.69 Å². The lowest BCUT2D eigenvalue weighted by Gasteiger charge is -2.00. The number of benzene rings is 2. The van der Waals surface area contributed by atoms with Gasteiger partial charge in [-0.25, -0.2) is 0 Å². The van der Waals surface area contributed by atoms with E-state index in [0.717, 1.165) is 10.8 Å². The molecule has 6 nitrogen and oxygen atoms in total. The van der Waals surface area contributed by atoms with Gasteiger partial charge in [0.2, 0.25) is 0 Å². The van der Waals surface area contributed by atoms with Crippen molar-refractivity contribution in [2.24, 2.45) is 5.73 Å². The quantitative estimate of drug-likeness (QED) is 0.480. The van der Waals surface area contributed by atoms with E-state index in [1.54, 1.807) is 12.1 Å². The first-order chi connectivity index (χ1) is 8.83. The van der Waals surface area contributed by atoms with Crippen LogP contribution >= 0.6 is 0 Å². The molecule has 2 rings (SSSR count). The van der Waals surface area contributed by atoms with Gasteiger partial charge in [0, 0.05) is 17.6 Å². The Kier molecular flexibility index (Phi) is 5.11. The molecule has 19 heavy (non-hydrogen) atoms. The summed E-state index contributed by atoms with van der Waals surface area (Å²) >= 11 is 0. The summed E-state index contributed by atoms with van der Waals surface area (Å²) < 4.78 is 27.3. The summed E-state index contributed by atoms with van der Waals surface area (Å²) in [5, 5.41) is 11.2. The van der Waals surface area contributed by atoms with Crippen LogP contribution in [0, 0.1) is 0 Å². The van der Waals surface area contributed by atoms with Crippen molar-refractivity contribution in [1.82, 2.24) is 0 Å². The summed E-state index contributed by atoms with van der Waals surface area (Å²) in [6, 6.07) is 10.9. The Bertz CT molecular complexity index is 656. The van der Waals surface area contributed by atoms with Crippen molar-refractivity contribution < 1.29 is 18.1 Å². The predicted octanol–water partition coefficient (Wildman–Crippen LogP) is 0.961. The lowest BCUT2D eigenvalue weighted by atomic mass is 10.1. The molecule has 0 spiro atoms. The van der Waals surface area contributed by atoms with Gasteiger partial charge in [0.15, 0.2) is 0 Å². The first-order valence-corrected chi connectivity index (χ1v) is 7.07. The van der Waals surface area contributed by atoms with Crippen LogP contribution in [0.15, 0.2) is 36.4 Å². The molecule has 0 aliphatic carbocycles. The first kappa shape index (κ1) is 15.2. The molecule has 2 aromatic carbocycles. The summed E-state index contributed by atoms with van der Waals surface area (Å²) in [7, 11) is -3.80. The van der Waals surface area contributed by atoms with Crippen molar-refractivity contribution in [3.8, 4) is 5.75 Å². The maximum Gasteiger partial charge on any atom is 0.266 e. The molecule has 6 N–H and O–H groups in total. The van der Waals surface area contributed by atoms with Gasteiger partial charge in [0.1, 0.15) is 5.75 Å². The van der Waals surface area contributed by atoms with Gasteiger partial charge >= 0.3 is 0 Å². The molecule has 0 atom stereocenters. The fraction of sp³-hybridized carbons (Fsp3) is 0.167. The van der Waals surface area contributed by atoms with Gasteiger partial charge < -0.3 is 16.6 Å². The summed E-state index contributed by atoms with van der Waals surface area (Å²) in [5.41, 5.74) is 11.0. The molecule has 0 saturated carbocycles. The average molecular weight is 284 g/mol. The second-order valence-corrected chi connectivity index (χ2v) is 5.40. The number of hydrogen-bond acceptors (Lipinski definition) is 5. The van der Waals surface area contributed by atoms with E-state index in [9.17, 15) is 13.5 Å². The monoisotopic (exact) mass is 284 g/mol. The van der Waals surface area contributed by atoms with Crippen molar-refractivity contribution in [3.05, 3.63) is 36.4 Å². The van der Waals surface area contributed by atoms with Crippen molar-refractivity contribution in [1.29, 1.82) is 0 Å². The third-order valence-electron chi connectivity index (χ3n) is 2.26. The first-order valence-electron chi connectivity index (χ1n) is 5.46. The molecule has 0 unspecified atom stereocenters. The van der Waals surface area contributed by atoms with E-state index < -0.39 is 10.1 Å². The summed E-state index contributed by atoms with van der Waals surface area (Å²) in [5.74, 6) is -0.0766. The standard InChI is InChI=1S/C10H9NO.C2H7NO3S/c11-8-5-4-7-2-1-3-10(12)9(7)6-8;3-1-2-7(4,5)6/h1-6,12H,11H2;1-3H2,(H,4,5,6). The topological polar surface area (TPSA) is 127 Å². The predicted molar refractivity (Wildman–Crippen MR) is 75.5 cm³/mol. The highest BCUT2D eigenvalue weighted by Gasteiger charge is 1.98. The third-order valence-corrected chi connectivity index (χ3v) is 3.01. The summed E-state index contributed by atoms with van der Waals surface area (Å²) in [4.78, 5) is 0. The lowest BCUT2D eigenvalue weighted by molar-refractivity contribution is 0.481. The van der Waals surface area contributed by atoms with Crippen LogP contribution in [0.5, 0.6) is 5.75 Å². The van der Waals surface area contributed by atoms with E-state index in [2.05, 4.69) is 0 Å². The highest BCUT2D eigenvalue weighted by molar-refractivity contribution is 7.85. The minimum absolute atomic E-state index is 0.0289. The average Bonchev–Trinajstić information content (AvgIpc) is 2.29. The van der Waals surface area contributed by atoms with Crippen LogP contribution in [0.1, 0.15) is 0 Å². The molecule has 2 aromatic rings. The smallest absolute Gasteiger partial charge is 0.266 e. The molecule has 0 aliphatic rings. The SMILES string of the molecule is NCCS(=O)(=O)O.Nc1ccc2cccc(O)c2c1. The van der Waals surface area contributed by atoms with E-state index in [1.807, 2.05) is 24.3 Å². The Labute approximate surface area is 111 Å². The summed E-state index contributed by atoms with van der Waals surface area (Å²) in [6.45, 7) is -0.0289. The second-order valence-electron chi connectivity index (χ2n) is 3.83. The Hall–Kier alpha value is -1.83. The molecule has 104 valence electrons. The van der Waals surface area contributed by atoms with Gasteiger partial charge in [-0.1, -0.05) is 18.2 Å². The van der Waals surface area contributed by atoms with Gasteiger partial charge in [-0.05, 0) is 23.6 Å². The Morgan fingerprint density at radius 2 is 1.84 bits per heavy atom. The number of anilines is 1. The maximum atomic E-state index is 9.71. The molecule has 0 amide bonds. The molecule has 0 radical (unpaired) electrons. The fourth-order valence-corrected chi connectivity index (χ4v) is 1.72. The molecule has 0 saturated heterocycles. The minimum Gasteiger partial charge on any atom is -0.507 e. The Morgan fingerprint density at radius 1 is 1.16 bits per heavy atom. The highest BCUT2D eigenvalue weighted by atomic mass is 32.2. The van der Waals surface area contributed by atoms with Gasteiger partial charge in [-0.15, -0.1) is 0 Å². The van der Waals surface area contributed by atoms with Crippen molar-refractivity contribution in [3.63, 3.8) is 0 Å². The minimum atomic E-state index is -3.80. The van der Waals surface area contributed by atoms with Crippen LogP contribution in [-0.4, -0.2) is 30.4 Å². The third kappa shape index (κ3) is 5.12. The van der Waals surface area contributed by atoms with Crippen LogP contribution in [0.3, 0.4) is 0 Å². The number of hydrogen-bond donors (Lipinski definition) is 4. The number of phenolic OH excluding ortho intramolecular Hbond substituents is 1. The molecule has 0 bridgehead atoms. The van der Waals surface area contributed by atoms with Crippen molar-refractivity contribution in [2.75, 3.05) is 18.0 Å². The largest absolute Gasteiger partial charge is 0.507 e. The zero-order valence-electron chi connectivity index (χ0n) is 10.2. The van der Waals surface area contributed by atoms with Crippen LogP contribution in [0.25, 0.3) is 10.8 Å². The van der Waals surface area contributed by atoms with Crippen LogP contribution in [-0.2, 0) is 10.1 Å². The molecule has 7 heteroatoms. The fourth-order valence-electron chi connectivity index (χ4n) is 1.42. The lowest BCUT2D eigenvalue weighted by Crippen LogP contribution is -2.13. The van der Waals surface area contributed by atoms with Crippen molar-refractivity contribution >= 4 is 26.6 Å². The number of phenols is 1.